The first-order valence-electron chi connectivity index (χ1n) is 9.46. The summed E-state index contributed by atoms with van der Waals surface area (Å²) in [5, 5.41) is 5.30. The molecule has 31 heavy (non-hydrogen) atoms. The van der Waals surface area contributed by atoms with Crippen LogP contribution in [0.5, 0.6) is 5.75 Å². The first-order chi connectivity index (χ1) is 14.9. The van der Waals surface area contributed by atoms with Gasteiger partial charge in [-0.3, -0.25) is 24.6 Å². The van der Waals surface area contributed by atoms with Gasteiger partial charge in [-0.1, -0.05) is 35.9 Å². The Hall–Kier alpha value is -3.78. The predicted octanol–water partition coefficient (Wildman–Crippen LogP) is 2.83. The second kappa shape index (κ2) is 9.82. The number of thiocarbonyl (C=S) groups is 1. The van der Waals surface area contributed by atoms with Crippen LogP contribution in [0.3, 0.4) is 0 Å². The highest BCUT2D eigenvalue weighted by molar-refractivity contribution is 7.80. The van der Waals surface area contributed by atoms with Gasteiger partial charge >= 0.3 is 0 Å². The van der Waals surface area contributed by atoms with Crippen molar-refractivity contribution in [3.63, 3.8) is 0 Å². The zero-order valence-corrected chi connectivity index (χ0v) is 17.7. The van der Waals surface area contributed by atoms with Crippen molar-refractivity contribution in [3.8, 4) is 5.75 Å². The number of nitrogens with one attached hydrogen (secondary N) is 2. The van der Waals surface area contributed by atoms with Crippen LogP contribution >= 0.6 is 12.2 Å². The number of amides is 3. The molecule has 158 valence electrons. The zero-order chi connectivity index (χ0) is 22.4. The van der Waals surface area contributed by atoms with E-state index < -0.39 is 11.8 Å². The van der Waals surface area contributed by atoms with E-state index in [4.69, 9.17) is 17.0 Å². The Morgan fingerprint density at radius 2 is 1.84 bits per heavy atom. The van der Waals surface area contributed by atoms with E-state index in [1.807, 2.05) is 31.2 Å². The van der Waals surface area contributed by atoms with Gasteiger partial charge in [0.05, 0.1) is 0 Å². The highest BCUT2D eigenvalue weighted by atomic mass is 32.1. The van der Waals surface area contributed by atoms with Crippen LogP contribution in [0.15, 0.2) is 66.8 Å². The van der Waals surface area contributed by atoms with Gasteiger partial charge in [-0.25, -0.2) is 0 Å². The number of aryl methyl sites for hydroxylation is 1. The summed E-state index contributed by atoms with van der Waals surface area (Å²) in [4.78, 5) is 38.0. The molecule has 0 atom stereocenters. The van der Waals surface area contributed by atoms with Crippen molar-refractivity contribution in [3.05, 3.63) is 77.9 Å². The van der Waals surface area contributed by atoms with E-state index in [2.05, 4.69) is 17.2 Å². The molecule has 0 aliphatic carbocycles. The van der Waals surface area contributed by atoms with Crippen molar-refractivity contribution in [1.29, 1.82) is 0 Å². The maximum atomic E-state index is 12.5. The van der Waals surface area contributed by atoms with E-state index >= 15 is 0 Å². The quantitative estimate of drug-likeness (QED) is 0.302. The largest absolute Gasteiger partial charge is 0.484 e. The Morgan fingerprint density at radius 1 is 1.16 bits per heavy atom. The first kappa shape index (κ1) is 21.9. The minimum absolute atomic E-state index is 0.0263. The first-order valence-corrected chi connectivity index (χ1v) is 9.87. The maximum Gasteiger partial charge on any atom is 0.265 e. The third-order valence-electron chi connectivity index (χ3n) is 4.39. The average molecular weight is 436 g/mol. The average Bonchev–Trinajstić information content (AvgIpc) is 2.75. The van der Waals surface area contributed by atoms with Crippen LogP contribution in [0, 0.1) is 6.92 Å². The lowest BCUT2D eigenvalue weighted by atomic mass is 10.1. The molecule has 0 spiro atoms. The number of nitrogens with zero attached hydrogens (tertiary/aromatic N) is 1. The Labute approximate surface area is 185 Å². The van der Waals surface area contributed by atoms with Crippen LogP contribution in [-0.2, 0) is 14.4 Å². The van der Waals surface area contributed by atoms with Crippen molar-refractivity contribution in [2.24, 2.45) is 0 Å². The number of hydrogen-bond donors (Lipinski definition) is 2. The van der Waals surface area contributed by atoms with Crippen molar-refractivity contribution in [2.45, 2.75) is 6.92 Å². The SMILES string of the molecule is C=CCN1C(=O)/C(=C/c2ccc(OCC(=O)Nc3ccc(C)cc3)cc2)C(=O)NC1=S. The van der Waals surface area contributed by atoms with Crippen LogP contribution in [-0.4, -0.2) is 40.9 Å². The Kier molecular flexibility index (Phi) is 6.94. The molecule has 8 heteroatoms. The molecule has 0 bridgehead atoms. The number of hydrogen-bond acceptors (Lipinski definition) is 5. The van der Waals surface area contributed by atoms with Crippen LogP contribution in [0.2, 0.25) is 0 Å². The Morgan fingerprint density at radius 3 is 2.48 bits per heavy atom. The topological polar surface area (TPSA) is 87.7 Å². The molecule has 0 aromatic heterocycles. The summed E-state index contributed by atoms with van der Waals surface area (Å²) >= 11 is 5.03. The fourth-order valence-corrected chi connectivity index (χ4v) is 3.05. The summed E-state index contributed by atoms with van der Waals surface area (Å²) in [6.45, 7) is 5.61. The van der Waals surface area contributed by atoms with E-state index in [0.29, 0.717) is 17.0 Å². The van der Waals surface area contributed by atoms with Crippen LogP contribution in [0.25, 0.3) is 6.08 Å². The van der Waals surface area contributed by atoms with Gasteiger partial charge in [0.2, 0.25) is 0 Å². The monoisotopic (exact) mass is 435 g/mol. The maximum absolute atomic E-state index is 12.5. The van der Waals surface area contributed by atoms with Crippen LogP contribution in [0.1, 0.15) is 11.1 Å². The molecule has 0 radical (unpaired) electrons. The molecule has 3 amide bonds. The molecule has 0 unspecified atom stereocenters. The van der Waals surface area contributed by atoms with Crippen molar-refractivity contribution < 1.29 is 19.1 Å². The molecule has 2 aromatic carbocycles. The van der Waals surface area contributed by atoms with Gasteiger partial charge in [-0.05, 0) is 55.0 Å². The van der Waals surface area contributed by atoms with Crippen LogP contribution < -0.4 is 15.4 Å². The summed E-state index contributed by atoms with van der Waals surface area (Å²) in [5.74, 6) is -0.835. The molecule has 1 fully saturated rings. The number of rotatable bonds is 7. The summed E-state index contributed by atoms with van der Waals surface area (Å²) in [5.41, 5.74) is 2.40. The van der Waals surface area contributed by atoms with Crippen molar-refractivity contribution >= 4 is 46.8 Å². The third-order valence-corrected chi connectivity index (χ3v) is 4.72. The fraction of sp³-hybridized carbons (Fsp3) is 0.130. The smallest absolute Gasteiger partial charge is 0.265 e. The minimum atomic E-state index is -0.552. The van der Waals surface area contributed by atoms with E-state index in [1.54, 1.807) is 24.3 Å². The molecule has 3 rings (SSSR count). The standard InChI is InChI=1S/C23H21N3O4S/c1-3-12-26-22(29)19(21(28)25-23(26)31)13-16-6-10-18(11-7-16)30-14-20(27)24-17-8-4-15(2)5-9-17/h3-11,13H,1,12,14H2,2H3,(H,24,27)(H,25,28,31)/b19-13+. The molecular weight excluding hydrogens is 414 g/mol. The summed E-state index contributed by atoms with van der Waals surface area (Å²) in [7, 11) is 0. The molecule has 1 saturated heterocycles. The van der Waals surface area contributed by atoms with Gasteiger partial charge < -0.3 is 10.1 Å². The Bertz CT molecular complexity index is 1060. The number of ether oxygens (including phenoxy) is 1. The Balaban J connectivity index is 1.61. The predicted molar refractivity (Wildman–Crippen MR) is 122 cm³/mol. The molecular formula is C23H21N3O4S. The second-order valence-electron chi connectivity index (χ2n) is 6.79. The molecule has 1 aliphatic rings. The van der Waals surface area contributed by atoms with Gasteiger partial charge in [0.25, 0.3) is 17.7 Å². The lowest BCUT2D eigenvalue weighted by molar-refractivity contribution is -0.128. The lowest BCUT2D eigenvalue weighted by Gasteiger charge is -2.27. The van der Waals surface area contributed by atoms with Crippen molar-refractivity contribution in [2.75, 3.05) is 18.5 Å². The fourth-order valence-electron chi connectivity index (χ4n) is 2.80. The number of anilines is 1. The van der Waals surface area contributed by atoms with E-state index in [-0.39, 0.29) is 29.7 Å². The van der Waals surface area contributed by atoms with Crippen LogP contribution in [0.4, 0.5) is 5.69 Å². The molecule has 1 aliphatic heterocycles. The van der Waals surface area contributed by atoms with Gasteiger partial charge in [-0.2, -0.15) is 0 Å². The number of carbonyl (C=O) groups is 3. The van der Waals surface area contributed by atoms with Gasteiger partial charge in [0.1, 0.15) is 11.3 Å². The zero-order valence-electron chi connectivity index (χ0n) is 16.9. The van der Waals surface area contributed by atoms with Gasteiger partial charge in [0.15, 0.2) is 11.7 Å². The van der Waals surface area contributed by atoms with Crippen molar-refractivity contribution in [1.82, 2.24) is 10.2 Å². The second-order valence-corrected chi connectivity index (χ2v) is 7.18. The number of carbonyl (C=O) groups excluding carboxylic acids is 3. The third kappa shape index (κ3) is 5.64. The summed E-state index contributed by atoms with van der Waals surface area (Å²) < 4.78 is 5.50. The van der Waals surface area contributed by atoms with E-state index in [1.165, 1.54) is 17.1 Å². The van der Waals surface area contributed by atoms with E-state index in [9.17, 15) is 14.4 Å². The summed E-state index contributed by atoms with van der Waals surface area (Å²) in [6, 6.07) is 14.1. The minimum Gasteiger partial charge on any atom is -0.484 e. The highest BCUT2D eigenvalue weighted by Crippen LogP contribution is 2.18. The summed E-state index contributed by atoms with van der Waals surface area (Å²) in [6.07, 6.45) is 3.00. The molecule has 2 N–H and O–H groups in total. The van der Waals surface area contributed by atoms with Gasteiger partial charge in [0, 0.05) is 12.2 Å². The molecule has 2 aromatic rings. The highest BCUT2D eigenvalue weighted by Gasteiger charge is 2.32. The molecule has 0 saturated carbocycles. The van der Waals surface area contributed by atoms with E-state index in [0.717, 1.165) is 5.56 Å². The molecule has 1 heterocycles. The lowest BCUT2D eigenvalue weighted by Crippen LogP contribution is -2.53. The normalized spacial score (nSPS) is 14.9. The van der Waals surface area contributed by atoms with Gasteiger partial charge in [-0.15, -0.1) is 6.58 Å². The number of benzene rings is 2. The molecule has 7 nitrogen and oxygen atoms in total.